The van der Waals surface area contributed by atoms with E-state index in [1.165, 1.54) is 6.07 Å². The first-order valence-electron chi connectivity index (χ1n) is 12.9. The maximum absolute atomic E-state index is 14.3. The summed E-state index contributed by atoms with van der Waals surface area (Å²) in [6.07, 6.45) is 4.36. The van der Waals surface area contributed by atoms with Gasteiger partial charge in [0.25, 0.3) is 5.91 Å². The summed E-state index contributed by atoms with van der Waals surface area (Å²) in [5.74, 6) is 1.12. The van der Waals surface area contributed by atoms with E-state index in [2.05, 4.69) is 10.00 Å². The molecule has 2 aliphatic rings. The van der Waals surface area contributed by atoms with Crippen molar-refractivity contribution in [1.29, 1.82) is 0 Å². The summed E-state index contributed by atoms with van der Waals surface area (Å²) in [6.45, 7) is 3.78. The lowest BCUT2D eigenvalue weighted by molar-refractivity contribution is 0.0762. The number of fused-ring (bicyclic) bond motifs is 1. The Morgan fingerprint density at radius 3 is 2.51 bits per heavy atom. The maximum Gasteiger partial charge on any atom is 0.256 e. The number of anilines is 1. The Balaban J connectivity index is 1.34. The summed E-state index contributed by atoms with van der Waals surface area (Å²) in [5.41, 5.74) is 1.84. The fourth-order valence-corrected chi connectivity index (χ4v) is 5.18. The summed E-state index contributed by atoms with van der Waals surface area (Å²) in [6, 6.07) is 16.2. The number of benzene rings is 2. The number of hydrogen-bond donors (Lipinski definition) is 0. The molecule has 2 aromatic carbocycles. The number of carbonyl (C=O) groups excluding carboxylic acids is 1. The van der Waals surface area contributed by atoms with Gasteiger partial charge in [0, 0.05) is 45.3 Å². The molecule has 4 heterocycles. The monoisotopic (exact) mass is 500 g/mol. The molecule has 190 valence electrons. The fourth-order valence-electron chi connectivity index (χ4n) is 5.18. The molecule has 0 bridgehead atoms. The molecule has 0 radical (unpaired) electrons. The second-order valence-corrected chi connectivity index (χ2v) is 9.53. The lowest BCUT2D eigenvalue weighted by atomic mass is 9.99. The Labute approximate surface area is 214 Å². The molecule has 0 saturated carbocycles. The van der Waals surface area contributed by atoms with Crippen LogP contribution in [-0.4, -0.2) is 69.9 Å². The van der Waals surface area contributed by atoms with Gasteiger partial charge in [0.1, 0.15) is 17.5 Å². The molecule has 8 nitrogen and oxygen atoms in total. The predicted molar refractivity (Wildman–Crippen MR) is 139 cm³/mol. The van der Waals surface area contributed by atoms with Crippen molar-refractivity contribution in [3.8, 4) is 5.69 Å². The molecule has 0 unspecified atom stereocenters. The smallest absolute Gasteiger partial charge is 0.256 e. The molecule has 0 atom stereocenters. The van der Waals surface area contributed by atoms with Crippen molar-refractivity contribution < 1.29 is 13.9 Å². The zero-order chi connectivity index (χ0) is 25.2. The Bertz CT molecular complexity index is 1400. The normalized spacial score (nSPS) is 17.2. The third kappa shape index (κ3) is 4.67. The van der Waals surface area contributed by atoms with Crippen molar-refractivity contribution in [1.82, 2.24) is 24.6 Å². The van der Waals surface area contributed by atoms with E-state index < -0.39 is 5.82 Å². The van der Waals surface area contributed by atoms with E-state index in [1.54, 1.807) is 23.1 Å². The summed E-state index contributed by atoms with van der Waals surface area (Å²) < 4.78 is 21.7. The van der Waals surface area contributed by atoms with Crippen molar-refractivity contribution in [2.24, 2.45) is 0 Å². The predicted octanol–water partition coefficient (Wildman–Crippen LogP) is 4.20. The van der Waals surface area contributed by atoms with Crippen molar-refractivity contribution in [2.75, 3.05) is 44.3 Å². The van der Waals surface area contributed by atoms with Crippen LogP contribution >= 0.6 is 0 Å². The first kappa shape index (κ1) is 23.5. The number of hydrogen-bond acceptors (Lipinski definition) is 6. The molecule has 2 saturated heterocycles. The third-order valence-electron chi connectivity index (χ3n) is 7.20. The average Bonchev–Trinajstić information content (AvgIpc) is 3.22. The van der Waals surface area contributed by atoms with Crippen LogP contribution in [-0.2, 0) is 4.74 Å². The second kappa shape index (κ2) is 10.3. The van der Waals surface area contributed by atoms with Gasteiger partial charge in [-0.05, 0) is 43.5 Å². The van der Waals surface area contributed by atoms with Gasteiger partial charge in [-0.1, -0.05) is 30.3 Å². The zero-order valence-electron chi connectivity index (χ0n) is 20.6. The van der Waals surface area contributed by atoms with Crippen molar-refractivity contribution >= 4 is 22.8 Å². The highest BCUT2D eigenvalue weighted by molar-refractivity contribution is 5.94. The Morgan fingerprint density at radius 1 is 0.919 bits per heavy atom. The van der Waals surface area contributed by atoms with Crippen molar-refractivity contribution in [3.63, 3.8) is 0 Å². The minimum Gasteiger partial charge on any atom is -0.381 e. The van der Waals surface area contributed by atoms with Gasteiger partial charge in [-0.25, -0.2) is 19.0 Å². The van der Waals surface area contributed by atoms with Crippen LogP contribution in [0.2, 0.25) is 0 Å². The molecule has 2 aliphatic heterocycles. The highest BCUT2D eigenvalue weighted by Gasteiger charge is 2.27. The maximum atomic E-state index is 14.3. The molecule has 4 aromatic rings. The van der Waals surface area contributed by atoms with Crippen molar-refractivity contribution in [2.45, 2.75) is 25.2 Å². The fraction of sp³-hybridized carbons (Fsp3) is 0.357. The van der Waals surface area contributed by atoms with Gasteiger partial charge in [-0.3, -0.25) is 4.79 Å². The van der Waals surface area contributed by atoms with Gasteiger partial charge in [-0.15, -0.1) is 0 Å². The molecule has 2 fully saturated rings. The van der Waals surface area contributed by atoms with Gasteiger partial charge in [0.15, 0.2) is 5.65 Å². The van der Waals surface area contributed by atoms with Gasteiger partial charge in [-0.2, -0.15) is 5.10 Å². The molecule has 1 amide bonds. The molecule has 6 rings (SSSR count). The van der Waals surface area contributed by atoms with E-state index >= 15 is 0 Å². The second-order valence-electron chi connectivity index (χ2n) is 9.53. The van der Waals surface area contributed by atoms with E-state index in [1.807, 2.05) is 41.2 Å². The first-order chi connectivity index (χ1) is 18.2. The molecule has 0 aliphatic carbocycles. The highest BCUT2D eigenvalue weighted by atomic mass is 19.1. The summed E-state index contributed by atoms with van der Waals surface area (Å²) >= 11 is 0. The van der Waals surface area contributed by atoms with Crippen LogP contribution in [0, 0.1) is 5.82 Å². The summed E-state index contributed by atoms with van der Waals surface area (Å²) in [7, 11) is 0. The summed E-state index contributed by atoms with van der Waals surface area (Å²) in [4.78, 5) is 27.1. The number of amides is 1. The van der Waals surface area contributed by atoms with Crippen LogP contribution < -0.4 is 4.90 Å². The lowest BCUT2D eigenvalue weighted by Gasteiger charge is -2.26. The average molecular weight is 501 g/mol. The molecule has 9 heteroatoms. The Hall–Kier alpha value is -3.85. The van der Waals surface area contributed by atoms with Gasteiger partial charge in [0.2, 0.25) is 0 Å². The lowest BCUT2D eigenvalue weighted by Crippen LogP contribution is -2.36. The van der Waals surface area contributed by atoms with Crippen LogP contribution in [0.3, 0.4) is 0 Å². The molecule has 37 heavy (non-hydrogen) atoms. The van der Waals surface area contributed by atoms with E-state index in [-0.39, 0.29) is 17.4 Å². The number of nitrogens with zero attached hydrogens (tertiary/aromatic N) is 6. The van der Waals surface area contributed by atoms with E-state index in [0.717, 1.165) is 54.2 Å². The molecule has 0 spiro atoms. The van der Waals surface area contributed by atoms with E-state index in [0.29, 0.717) is 32.8 Å². The largest absolute Gasteiger partial charge is 0.381 e. The third-order valence-corrected chi connectivity index (χ3v) is 7.20. The first-order valence-corrected chi connectivity index (χ1v) is 12.9. The zero-order valence-corrected chi connectivity index (χ0v) is 20.6. The van der Waals surface area contributed by atoms with Crippen molar-refractivity contribution in [3.05, 3.63) is 78.0 Å². The standard InChI is InChI=1S/C28H29FN6O2/c29-24-10-5-4-9-22(24)28(36)34-14-6-13-33(15-16-34)26-23-19-30-35(21-7-2-1-3-8-21)27(23)32-25(31-26)20-11-17-37-18-12-20/h1-5,7-10,19-20H,6,11-18H2. The Kier molecular flexibility index (Phi) is 6.53. The number of aromatic nitrogens is 4. The van der Waals surface area contributed by atoms with Gasteiger partial charge >= 0.3 is 0 Å². The van der Waals surface area contributed by atoms with Gasteiger partial charge < -0.3 is 14.5 Å². The quantitative estimate of drug-likeness (QED) is 0.418. The molecular weight excluding hydrogens is 471 g/mol. The van der Waals surface area contributed by atoms with E-state index in [9.17, 15) is 9.18 Å². The van der Waals surface area contributed by atoms with Crippen LogP contribution in [0.15, 0.2) is 60.8 Å². The molecule has 0 N–H and O–H groups in total. The van der Waals surface area contributed by atoms with Gasteiger partial charge in [0.05, 0.1) is 22.8 Å². The van der Waals surface area contributed by atoms with Crippen LogP contribution in [0.4, 0.5) is 10.2 Å². The molecule has 2 aromatic heterocycles. The number of halogens is 1. The number of carbonyl (C=O) groups is 1. The number of rotatable bonds is 4. The van der Waals surface area contributed by atoms with Crippen LogP contribution in [0.1, 0.15) is 41.4 Å². The topological polar surface area (TPSA) is 76.4 Å². The SMILES string of the molecule is O=C(c1ccccc1F)N1CCCN(c2nc(C3CCOCC3)nc3c2cnn3-c2ccccc2)CC1. The van der Waals surface area contributed by atoms with Crippen LogP contribution in [0.5, 0.6) is 0 Å². The number of para-hydroxylation sites is 1. The highest BCUT2D eigenvalue weighted by Crippen LogP contribution is 2.32. The number of ether oxygens (including phenoxy) is 1. The van der Waals surface area contributed by atoms with E-state index in [4.69, 9.17) is 14.7 Å². The van der Waals surface area contributed by atoms with Crippen LogP contribution in [0.25, 0.3) is 16.7 Å². The minimum absolute atomic E-state index is 0.117. The minimum atomic E-state index is -0.486. The molecular formula is C28H29FN6O2. The Morgan fingerprint density at radius 2 is 1.70 bits per heavy atom. The summed E-state index contributed by atoms with van der Waals surface area (Å²) in [5, 5.41) is 5.56.